The van der Waals surface area contributed by atoms with E-state index in [2.05, 4.69) is 59.5 Å². The van der Waals surface area contributed by atoms with Gasteiger partial charge in [-0.3, -0.25) is 14.5 Å². The molecule has 5 aliphatic rings. The van der Waals surface area contributed by atoms with Crippen LogP contribution in [0.2, 0.25) is 0 Å². The van der Waals surface area contributed by atoms with Gasteiger partial charge in [0.2, 0.25) is 11.8 Å². The molecule has 10 nitrogen and oxygen atoms in total. The molecule has 0 aliphatic carbocycles. The average molecular weight is 592 g/mol. The number of aromatic nitrogens is 2. The van der Waals surface area contributed by atoms with Gasteiger partial charge in [-0.2, -0.15) is 9.97 Å². The number of rotatable bonds is 4. The predicted octanol–water partition coefficient (Wildman–Crippen LogP) is 3.83. The van der Waals surface area contributed by atoms with Crippen LogP contribution in [0.4, 0.5) is 17.3 Å². The molecule has 10 heteroatoms. The van der Waals surface area contributed by atoms with Gasteiger partial charge < -0.3 is 24.3 Å². The van der Waals surface area contributed by atoms with E-state index in [1.54, 1.807) is 0 Å². The number of anilines is 3. The molecule has 0 N–H and O–H groups in total. The van der Waals surface area contributed by atoms with Gasteiger partial charge in [0.05, 0.1) is 11.7 Å². The lowest BCUT2D eigenvalue weighted by molar-refractivity contribution is -0.126. The van der Waals surface area contributed by atoms with E-state index >= 15 is 0 Å². The molecule has 0 bridgehead atoms. The van der Waals surface area contributed by atoms with Crippen molar-refractivity contribution in [3.05, 3.63) is 76.9 Å². The van der Waals surface area contributed by atoms with Crippen LogP contribution in [-0.2, 0) is 35.4 Å². The second kappa shape index (κ2) is 10.3. The minimum atomic E-state index is -0.173. The van der Waals surface area contributed by atoms with Crippen LogP contribution in [0.3, 0.4) is 0 Å². The zero-order valence-corrected chi connectivity index (χ0v) is 25.3. The van der Waals surface area contributed by atoms with Crippen molar-refractivity contribution in [1.82, 2.24) is 19.8 Å². The Hall–Kier alpha value is -4.44. The van der Waals surface area contributed by atoms with E-state index in [4.69, 9.17) is 14.7 Å². The Bertz CT molecular complexity index is 1700. The molecule has 6 heterocycles. The zero-order chi connectivity index (χ0) is 30.1. The molecule has 1 aromatic heterocycles. The highest BCUT2D eigenvalue weighted by molar-refractivity contribution is 6.00. The van der Waals surface area contributed by atoms with Crippen molar-refractivity contribution in [3.63, 3.8) is 0 Å². The molecule has 2 atom stereocenters. The minimum absolute atomic E-state index is 0.0241. The Morgan fingerprint density at radius 2 is 1.73 bits per heavy atom. The third-order valence-electron chi connectivity index (χ3n) is 10.0. The summed E-state index contributed by atoms with van der Waals surface area (Å²) in [4.78, 5) is 46.8. The number of likely N-dealkylation sites (N-methyl/N-ethyl adjacent to an activating group) is 1. The first-order valence-corrected chi connectivity index (χ1v) is 15.7. The van der Waals surface area contributed by atoms with Crippen LogP contribution in [0.15, 0.2) is 49.1 Å². The molecule has 0 saturated carbocycles. The molecule has 8 rings (SSSR count). The van der Waals surface area contributed by atoms with Gasteiger partial charge in [0.15, 0.2) is 0 Å². The second-order valence-electron chi connectivity index (χ2n) is 12.5. The standard InChI is InChI=1S/C34H37N7O3/c1-4-29(42)38-15-17-39(18-16-38)32-26-19-28-40(21(2)24-9-5-7-22-11-12-30(43)41(28)31(22)24)33(26)36-34(35-32)44-27-10-6-8-23-20-37(3)14-13-25(23)27/h4-10,21,28H,1,11-20H2,2-3H3. The van der Waals surface area contributed by atoms with Crippen molar-refractivity contribution in [2.75, 3.05) is 54.5 Å². The maximum atomic E-state index is 13.5. The predicted molar refractivity (Wildman–Crippen MR) is 168 cm³/mol. The highest BCUT2D eigenvalue weighted by atomic mass is 16.5. The molecule has 1 saturated heterocycles. The number of hydrogen-bond donors (Lipinski definition) is 0. The summed E-state index contributed by atoms with van der Waals surface area (Å²) < 4.78 is 6.58. The van der Waals surface area contributed by atoms with Crippen molar-refractivity contribution in [2.45, 2.75) is 51.4 Å². The molecule has 2 aromatic carbocycles. The van der Waals surface area contributed by atoms with E-state index in [1.165, 1.54) is 22.8 Å². The summed E-state index contributed by atoms with van der Waals surface area (Å²) in [6.45, 7) is 10.2. The zero-order valence-electron chi connectivity index (χ0n) is 25.3. The average Bonchev–Trinajstić information content (AvgIpc) is 3.43. The Morgan fingerprint density at radius 3 is 2.55 bits per heavy atom. The van der Waals surface area contributed by atoms with E-state index in [-0.39, 0.29) is 24.0 Å². The summed E-state index contributed by atoms with van der Waals surface area (Å²) >= 11 is 0. The van der Waals surface area contributed by atoms with Crippen LogP contribution in [0.25, 0.3) is 0 Å². The maximum Gasteiger partial charge on any atom is 0.325 e. The molecule has 2 amide bonds. The van der Waals surface area contributed by atoms with E-state index < -0.39 is 0 Å². The Kier molecular flexibility index (Phi) is 6.37. The van der Waals surface area contributed by atoms with E-state index in [1.807, 2.05) is 21.9 Å². The minimum Gasteiger partial charge on any atom is -0.424 e. The number of ether oxygens (including phenoxy) is 1. The monoisotopic (exact) mass is 591 g/mol. The number of amides is 2. The van der Waals surface area contributed by atoms with Crippen LogP contribution in [0.5, 0.6) is 11.8 Å². The van der Waals surface area contributed by atoms with Crippen LogP contribution in [0, 0.1) is 0 Å². The number of aryl methyl sites for hydroxylation is 1. The molecular formula is C34H37N7O3. The van der Waals surface area contributed by atoms with Crippen molar-refractivity contribution in [3.8, 4) is 11.8 Å². The summed E-state index contributed by atoms with van der Waals surface area (Å²) in [6, 6.07) is 13.0. The number of carbonyl (C=O) groups is 2. The van der Waals surface area contributed by atoms with Crippen molar-refractivity contribution < 1.29 is 14.3 Å². The first-order valence-electron chi connectivity index (χ1n) is 15.7. The summed E-state index contributed by atoms with van der Waals surface area (Å²) in [5, 5.41) is 0. The van der Waals surface area contributed by atoms with Gasteiger partial charge in [-0.15, -0.1) is 0 Å². The summed E-state index contributed by atoms with van der Waals surface area (Å²) in [7, 11) is 2.14. The Labute approximate surface area is 257 Å². The first kappa shape index (κ1) is 27.1. The van der Waals surface area contributed by atoms with Gasteiger partial charge in [0.25, 0.3) is 0 Å². The van der Waals surface area contributed by atoms with Gasteiger partial charge in [0.1, 0.15) is 23.6 Å². The van der Waals surface area contributed by atoms with Crippen LogP contribution in [0.1, 0.15) is 47.2 Å². The molecule has 0 radical (unpaired) electrons. The number of nitrogens with zero attached hydrogens (tertiary/aromatic N) is 7. The normalized spacial score (nSPS) is 22.3. The quantitative estimate of drug-likeness (QED) is 0.424. The number of piperazine rings is 1. The number of benzene rings is 2. The van der Waals surface area contributed by atoms with Gasteiger partial charge >= 0.3 is 6.01 Å². The largest absolute Gasteiger partial charge is 0.424 e. The maximum absolute atomic E-state index is 13.5. The third-order valence-corrected chi connectivity index (χ3v) is 10.0. The first-order chi connectivity index (χ1) is 21.4. The van der Waals surface area contributed by atoms with Crippen LogP contribution >= 0.6 is 0 Å². The molecule has 2 unspecified atom stereocenters. The molecule has 0 spiro atoms. The molecule has 5 aliphatic heterocycles. The smallest absolute Gasteiger partial charge is 0.325 e. The third kappa shape index (κ3) is 4.18. The topological polar surface area (TPSA) is 85.4 Å². The fourth-order valence-electron chi connectivity index (χ4n) is 7.80. The highest BCUT2D eigenvalue weighted by Gasteiger charge is 2.49. The SMILES string of the molecule is C=CC(=O)N1CCN(c2nc(Oc3cccc4c3CCN(C)C4)nc3c2CC2N4C(=O)CCc5cccc(c54)C(C)N32)CC1. The van der Waals surface area contributed by atoms with E-state index in [9.17, 15) is 9.59 Å². The van der Waals surface area contributed by atoms with Gasteiger partial charge in [0, 0.05) is 63.2 Å². The highest BCUT2D eigenvalue weighted by Crippen LogP contribution is 2.51. The number of fused-ring (bicyclic) bond motifs is 5. The Morgan fingerprint density at radius 1 is 0.955 bits per heavy atom. The molecular weight excluding hydrogens is 554 g/mol. The van der Waals surface area contributed by atoms with Crippen LogP contribution < -0.4 is 19.4 Å². The number of para-hydroxylation sites is 1. The number of carbonyl (C=O) groups excluding carboxylic acids is 2. The molecule has 1 fully saturated rings. The van der Waals surface area contributed by atoms with Crippen LogP contribution in [-0.4, -0.2) is 77.5 Å². The van der Waals surface area contributed by atoms with E-state index in [0.717, 1.165) is 60.1 Å². The van der Waals surface area contributed by atoms with Crippen molar-refractivity contribution >= 4 is 29.1 Å². The van der Waals surface area contributed by atoms with E-state index in [0.29, 0.717) is 45.0 Å². The summed E-state index contributed by atoms with van der Waals surface area (Å²) in [6.07, 6.45) is 4.02. The summed E-state index contributed by atoms with van der Waals surface area (Å²) in [5.41, 5.74) is 6.97. The number of hydrogen-bond acceptors (Lipinski definition) is 8. The molecule has 226 valence electrons. The van der Waals surface area contributed by atoms with Gasteiger partial charge in [-0.05, 0) is 55.6 Å². The van der Waals surface area contributed by atoms with Gasteiger partial charge in [-0.1, -0.05) is 36.9 Å². The fraction of sp³-hybridized carbons (Fsp3) is 0.412. The lowest BCUT2D eigenvalue weighted by Crippen LogP contribution is -2.56. The lowest BCUT2D eigenvalue weighted by atomic mass is 9.90. The molecule has 3 aromatic rings. The van der Waals surface area contributed by atoms with Crippen molar-refractivity contribution in [1.29, 1.82) is 0 Å². The molecule has 44 heavy (non-hydrogen) atoms. The fourth-order valence-corrected chi connectivity index (χ4v) is 7.80. The second-order valence-corrected chi connectivity index (χ2v) is 12.5. The van der Waals surface area contributed by atoms with Gasteiger partial charge in [-0.25, -0.2) is 0 Å². The lowest BCUT2D eigenvalue weighted by Gasteiger charge is -2.48. The Balaban J connectivity index is 1.22. The summed E-state index contributed by atoms with van der Waals surface area (Å²) in [5.74, 6) is 2.55. The van der Waals surface area contributed by atoms with Crippen molar-refractivity contribution in [2.24, 2.45) is 0 Å².